The number of hydrogen-bond acceptors (Lipinski definition) is 4. The first-order chi connectivity index (χ1) is 15.1. The van der Waals surface area contributed by atoms with Gasteiger partial charge in [-0.05, 0) is 42.2 Å². The minimum absolute atomic E-state index is 0.0765. The number of hydrogen-bond donors (Lipinski definition) is 2. The van der Waals surface area contributed by atoms with E-state index in [1.54, 1.807) is 23.1 Å². The third-order valence-electron chi connectivity index (χ3n) is 6.12. The predicted octanol–water partition coefficient (Wildman–Crippen LogP) is 3.49. The van der Waals surface area contributed by atoms with Gasteiger partial charge in [-0.25, -0.2) is 4.68 Å². The number of benzene rings is 2. The van der Waals surface area contributed by atoms with Gasteiger partial charge in [0, 0.05) is 22.7 Å². The number of fused-ring (bicyclic) bond motifs is 3. The number of carbonyl (C=O) groups is 1. The van der Waals surface area contributed by atoms with E-state index in [4.69, 9.17) is 11.6 Å². The smallest absolute Gasteiger partial charge is 0.277 e. The number of rotatable bonds is 3. The summed E-state index contributed by atoms with van der Waals surface area (Å²) in [6.07, 6.45) is 1.61. The van der Waals surface area contributed by atoms with Crippen molar-refractivity contribution < 1.29 is 9.90 Å². The molecule has 0 radical (unpaired) electrons. The Kier molecular flexibility index (Phi) is 5.04. The summed E-state index contributed by atoms with van der Waals surface area (Å²) in [4.78, 5) is 28.9. The van der Waals surface area contributed by atoms with Crippen LogP contribution in [-0.4, -0.2) is 39.8 Å². The van der Waals surface area contributed by atoms with E-state index >= 15 is 0 Å². The molecule has 1 saturated heterocycles. The molecule has 1 atom stereocenters. The maximum atomic E-state index is 13.7. The van der Waals surface area contributed by atoms with E-state index in [1.807, 2.05) is 36.4 Å². The van der Waals surface area contributed by atoms with Crippen molar-refractivity contribution in [3.05, 3.63) is 81.1 Å². The van der Waals surface area contributed by atoms with Crippen LogP contribution >= 0.6 is 11.6 Å². The highest BCUT2D eigenvalue weighted by Crippen LogP contribution is 2.35. The topological polar surface area (TPSA) is 74.6 Å². The number of halogens is 1. The molecule has 31 heavy (non-hydrogen) atoms. The van der Waals surface area contributed by atoms with Crippen molar-refractivity contribution >= 4 is 17.5 Å². The summed E-state index contributed by atoms with van der Waals surface area (Å²) < 4.78 is 1.47. The molecule has 5 rings (SSSR count). The molecule has 0 saturated carbocycles. The van der Waals surface area contributed by atoms with Crippen LogP contribution in [0.5, 0.6) is 0 Å². The normalized spacial score (nSPS) is 17.1. The van der Waals surface area contributed by atoms with Gasteiger partial charge in [-0.2, -0.15) is 0 Å². The SMILES string of the molecule is O=C(c1cc(-c2ccccc2)c(=O)n2c1-c1cc(Cl)ccc1CN2)N1CCCC1CO. The lowest BCUT2D eigenvalue weighted by Crippen LogP contribution is -2.41. The first-order valence-electron chi connectivity index (χ1n) is 10.4. The van der Waals surface area contributed by atoms with Crippen LogP contribution in [0.15, 0.2) is 59.4 Å². The number of likely N-dealkylation sites (tertiary alicyclic amines) is 1. The van der Waals surface area contributed by atoms with E-state index in [0.717, 1.165) is 29.5 Å². The van der Waals surface area contributed by atoms with Gasteiger partial charge in [0.25, 0.3) is 11.5 Å². The standard InChI is InChI=1S/C24H22ClN3O3/c25-17-9-8-16-13-26-28-22(19(16)11-17)21(23(30)27-10-4-7-18(27)14-29)12-20(24(28)31)15-5-2-1-3-6-15/h1-3,5-6,8-9,11-12,18,26,29H,4,7,10,13-14H2. The summed E-state index contributed by atoms with van der Waals surface area (Å²) in [5.74, 6) is -0.188. The van der Waals surface area contributed by atoms with Crippen molar-refractivity contribution in [3.63, 3.8) is 0 Å². The van der Waals surface area contributed by atoms with Gasteiger partial charge in [-0.3, -0.25) is 9.59 Å². The maximum Gasteiger partial charge on any atom is 0.277 e. The summed E-state index contributed by atoms with van der Waals surface area (Å²) in [7, 11) is 0. The maximum absolute atomic E-state index is 13.7. The number of pyridine rings is 1. The largest absolute Gasteiger partial charge is 0.394 e. The molecule has 1 fully saturated rings. The monoisotopic (exact) mass is 435 g/mol. The molecule has 1 unspecified atom stereocenters. The average Bonchev–Trinajstić information content (AvgIpc) is 3.28. The van der Waals surface area contributed by atoms with Gasteiger partial charge in [0.2, 0.25) is 0 Å². The Labute approximate surface area is 184 Å². The summed E-state index contributed by atoms with van der Waals surface area (Å²) >= 11 is 6.28. The number of amides is 1. The van der Waals surface area contributed by atoms with Crippen molar-refractivity contribution in [1.82, 2.24) is 9.58 Å². The lowest BCUT2D eigenvalue weighted by Gasteiger charge is -2.29. The fourth-order valence-corrected chi connectivity index (χ4v) is 4.73. The van der Waals surface area contributed by atoms with E-state index in [2.05, 4.69) is 5.43 Å². The van der Waals surface area contributed by atoms with E-state index < -0.39 is 0 Å². The highest BCUT2D eigenvalue weighted by Gasteiger charge is 2.33. The molecule has 0 bridgehead atoms. The predicted molar refractivity (Wildman–Crippen MR) is 121 cm³/mol. The van der Waals surface area contributed by atoms with E-state index in [-0.39, 0.29) is 24.1 Å². The number of aliphatic hydroxyl groups excluding tert-OH is 1. The molecule has 0 spiro atoms. The quantitative estimate of drug-likeness (QED) is 0.660. The molecule has 1 aromatic heterocycles. The van der Waals surface area contributed by atoms with Crippen LogP contribution in [0.2, 0.25) is 5.02 Å². The van der Waals surface area contributed by atoms with Crippen LogP contribution < -0.4 is 11.0 Å². The van der Waals surface area contributed by atoms with Crippen LogP contribution in [0.3, 0.4) is 0 Å². The molecule has 6 nitrogen and oxygen atoms in total. The molecule has 2 N–H and O–H groups in total. The number of aromatic nitrogens is 1. The van der Waals surface area contributed by atoms with Gasteiger partial charge in [-0.1, -0.05) is 48.0 Å². The van der Waals surface area contributed by atoms with Crippen molar-refractivity contribution in [1.29, 1.82) is 0 Å². The fourth-order valence-electron chi connectivity index (χ4n) is 4.56. The minimum Gasteiger partial charge on any atom is -0.394 e. The molecule has 2 aliphatic heterocycles. The average molecular weight is 436 g/mol. The summed E-state index contributed by atoms with van der Waals surface area (Å²) in [5, 5.41) is 10.3. The Hall–Kier alpha value is -3.09. The Morgan fingerprint density at radius 3 is 2.71 bits per heavy atom. The number of nitrogens with zero attached hydrogens (tertiary/aromatic N) is 2. The molecule has 3 heterocycles. The first kappa shape index (κ1) is 19.8. The second-order valence-electron chi connectivity index (χ2n) is 7.94. The highest BCUT2D eigenvalue weighted by atomic mass is 35.5. The summed E-state index contributed by atoms with van der Waals surface area (Å²) in [6, 6.07) is 16.3. The lowest BCUT2D eigenvalue weighted by atomic mass is 9.95. The Balaban J connectivity index is 1.78. The molecule has 2 aliphatic rings. The Morgan fingerprint density at radius 1 is 1.13 bits per heavy atom. The zero-order chi connectivity index (χ0) is 21.5. The highest BCUT2D eigenvalue weighted by molar-refractivity contribution is 6.31. The molecule has 2 aromatic carbocycles. The van der Waals surface area contributed by atoms with E-state index in [1.165, 1.54) is 4.68 Å². The summed E-state index contributed by atoms with van der Waals surface area (Å²) in [5.41, 5.74) is 6.82. The van der Waals surface area contributed by atoms with E-state index in [0.29, 0.717) is 34.9 Å². The summed E-state index contributed by atoms with van der Waals surface area (Å²) in [6.45, 7) is 0.959. The lowest BCUT2D eigenvalue weighted by molar-refractivity contribution is 0.0677. The second kappa shape index (κ2) is 7.87. The Bertz CT molecular complexity index is 1220. The van der Waals surface area contributed by atoms with Crippen LogP contribution in [0, 0.1) is 0 Å². The number of nitrogens with one attached hydrogen (secondary N) is 1. The van der Waals surface area contributed by atoms with Crippen molar-refractivity contribution in [2.24, 2.45) is 0 Å². The van der Waals surface area contributed by atoms with Crippen molar-refractivity contribution in [2.45, 2.75) is 25.4 Å². The molecule has 0 aliphatic carbocycles. The van der Waals surface area contributed by atoms with Crippen LogP contribution in [0.4, 0.5) is 0 Å². The van der Waals surface area contributed by atoms with Gasteiger partial charge in [0.15, 0.2) is 0 Å². The van der Waals surface area contributed by atoms with Crippen molar-refractivity contribution in [3.8, 4) is 22.4 Å². The zero-order valence-corrected chi connectivity index (χ0v) is 17.6. The van der Waals surface area contributed by atoms with Crippen LogP contribution in [-0.2, 0) is 6.54 Å². The second-order valence-corrected chi connectivity index (χ2v) is 8.38. The van der Waals surface area contributed by atoms with Crippen LogP contribution in [0.1, 0.15) is 28.8 Å². The third kappa shape index (κ3) is 3.32. The molecular formula is C24H22ClN3O3. The molecule has 158 valence electrons. The van der Waals surface area contributed by atoms with Gasteiger partial charge in [-0.15, -0.1) is 0 Å². The van der Waals surface area contributed by atoms with Gasteiger partial charge in [0.1, 0.15) is 0 Å². The van der Waals surface area contributed by atoms with Crippen LogP contribution in [0.25, 0.3) is 22.4 Å². The van der Waals surface area contributed by atoms with Crippen molar-refractivity contribution in [2.75, 3.05) is 18.6 Å². The molecule has 1 amide bonds. The molecule has 3 aromatic rings. The molecular weight excluding hydrogens is 414 g/mol. The number of carbonyl (C=O) groups excluding carboxylic acids is 1. The fraction of sp³-hybridized carbons (Fsp3) is 0.250. The van der Waals surface area contributed by atoms with Gasteiger partial charge in [0.05, 0.1) is 30.5 Å². The van der Waals surface area contributed by atoms with Gasteiger partial charge < -0.3 is 15.4 Å². The number of aliphatic hydroxyl groups is 1. The third-order valence-corrected chi connectivity index (χ3v) is 6.35. The first-order valence-corrected chi connectivity index (χ1v) is 10.8. The molecule has 7 heteroatoms. The minimum atomic E-state index is -0.219. The van der Waals surface area contributed by atoms with Gasteiger partial charge >= 0.3 is 0 Å². The zero-order valence-electron chi connectivity index (χ0n) is 16.8. The van der Waals surface area contributed by atoms with E-state index in [9.17, 15) is 14.7 Å². The Morgan fingerprint density at radius 2 is 1.94 bits per heavy atom.